The average Bonchev–Trinajstić information content (AvgIpc) is 2.75. The minimum Gasteiger partial charge on any atom is -0.493 e. The summed E-state index contributed by atoms with van der Waals surface area (Å²) in [4.78, 5) is 0. The van der Waals surface area contributed by atoms with Crippen LogP contribution in [0.25, 0.3) is 0 Å². The first-order chi connectivity index (χ1) is 14.1. The van der Waals surface area contributed by atoms with Gasteiger partial charge in [0.05, 0.1) is 23.3 Å². The SMILES string of the molecule is COc1cc(CNCC(O)c2ccccc2)ccc1OCc1ccc(Cl)c(Cl)c1.Cl. The lowest BCUT2D eigenvalue weighted by atomic mass is 10.1. The number of nitrogens with one attached hydrogen (secondary N) is 1. The van der Waals surface area contributed by atoms with Crippen molar-refractivity contribution in [1.82, 2.24) is 5.32 Å². The summed E-state index contributed by atoms with van der Waals surface area (Å²) in [5, 5.41) is 14.5. The first kappa shape index (κ1) is 24.3. The number of hydrogen-bond acceptors (Lipinski definition) is 4. The molecule has 0 aliphatic rings. The van der Waals surface area contributed by atoms with Gasteiger partial charge < -0.3 is 19.9 Å². The lowest BCUT2D eigenvalue weighted by molar-refractivity contribution is 0.174. The lowest BCUT2D eigenvalue weighted by Crippen LogP contribution is -2.21. The number of methoxy groups -OCH3 is 1. The van der Waals surface area contributed by atoms with Gasteiger partial charge in [-0.05, 0) is 41.0 Å². The molecule has 0 fully saturated rings. The molecular weight excluding hydrogens is 445 g/mol. The Morgan fingerprint density at radius 2 is 1.63 bits per heavy atom. The van der Waals surface area contributed by atoms with E-state index in [0.29, 0.717) is 41.2 Å². The minimum atomic E-state index is -0.549. The van der Waals surface area contributed by atoms with E-state index < -0.39 is 6.10 Å². The topological polar surface area (TPSA) is 50.7 Å². The molecule has 0 saturated heterocycles. The Morgan fingerprint density at radius 1 is 0.900 bits per heavy atom. The maximum Gasteiger partial charge on any atom is 0.161 e. The summed E-state index contributed by atoms with van der Waals surface area (Å²) >= 11 is 12.0. The summed E-state index contributed by atoms with van der Waals surface area (Å²) < 4.78 is 11.3. The summed E-state index contributed by atoms with van der Waals surface area (Å²) in [6, 6.07) is 20.8. The van der Waals surface area contributed by atoms with Crippen LogP contribution in [0.1, 0.15) is 22.8 Å². The Hall–Kier alpha value is -1.95. The molecule has 0 aliphatic carbocycles. The number of halogens is 3. The monoisotopic (exact) mass is 467 g/mol. The van der Waals surface area contributed by atoms with Gasteiger partial charge >= 0.3 is 0 Å². The Bertz CT molecular complexity index is 938. The molecule has 3 aromatic rings. The molecule has 0 heterocycles. The summed E-state index contributed by atoms with van der Waals surface area (Å²) in [6.07, 6.45) is -0.549. The summed E-state index contributed by atoms with van der Waals surface area (Å²) in [5.74, 6) is 1.29. The van der Waals surface area contributed by atoms with Gasteiger partial charge in [-0.3, -0.25) is 0 Å². The Kier molecular flexibility index (Phi) is 9.76. The maximum absolute atomic E-state index is 10.2. The predicted octanol–water partition coefficient (Wildman–Crippen LogP) is 5.83. The van der Waals surface area contributed by atoms with Crippen molar-refractivity contribution in [3.8, 4) is 11.5 Å². The van der Waals surface area contributed by atoms with Gasteiger partial charge in [-0.25, -0.2) is 0 Å². The molecule has 3 aromatic carbocycles. The number of hydrogen-bond donors (Lipinski definition) is 2. The Balaban J connectivity index is 0.00000320. The van der Waals surface area contributed by atoms with Crippen LogP contribution in [0.4, 0.5) is 0 Å². The number of aliphatic hydroxyl groups is 1. The molecule has 4 nitrogen and oxygen atoms in total. The van der Waals surface area contributed by atoms with Crippen LogP contribution in [-0.4, -0.2) is 18.8 Å². The van der Waals surface area contributed by atoms with Gasteiger partial charge in [0.2, 0.25) is 0 Å². The van der Waals surface area contributed by atoms with Crippen LogP contribution in [0.15, 0.2) is 66.7 Å². The number of rotatable bonds is 9. The molecule has 0 spiro atoms. The molecule has 1 unspecified atom stereocenters. The van der Waals surface area contributed by atoms with Gasteiger partial charge in [-0.15, -0.1) is 12.4 Å². The first-order valence-electron chi connectivity index (χ1n) is 9.24. The zero-order chi connectivity index (χ0) is 20.6. The van der Waals surface area contributed by atoms with E-state index in [2.05, 4.69) is 5.32 Å². The second kappa shape index (κ2) is 12.0. The highest BCUT2D eigenvalue weighted by molar-refractivity contribution is 6.42. The van der Waals surface area contributed by atoms with Gasteiger partial charge in [0.15, 0.2) is 11.5 Å². The van der Waals surface area contributed by atoms with Crippen LogP contribution in [0, 0.1) is 0 Å². The van der Waals surface area contributed by atoms with Crippen LogP contribution in [0.5, 0.6) is 11.5 Å². The van der Waals surface area contributed by atoms with Crippen LogP contribution in [0.3, 0.4) is 0 Å². The molecule has 0 saturated carbocycles. The van der Waals surface area contributed by atoms with Gasteiger partial charge in [-0.2, -0.15) is 0 Å². The van der Waals surface area contributed by atoms with Gasteiger partial charge in [0.25, 0.3) is 0 Å². The second-order valence-corrected chi connectivity index (χ2v) is 7.39. The van der Waals surface area contributed by atoms with E-state index in [1.807, 2.05) is 54.6 Å². The van der Waals surface area contributed by atoms with Crippen molar-refractivity contribution in [1.29, 1.82) is 0 Å². The van der Waals surface area contributed by atoms with E-state index >= 15 is 0 Å². The maximum atomic E-state index is 10.2. The summed E-state index contributed by atoms with van der Waals surface area (Å²) in [6.45, 7) is 1.42. The number of ether oxygens (including phenoxy) is 2. The Morgan fingerprint density at radius 3 is 2.33 bits per heavy atom. The Labute approximate surface area is 193 Å². The zero-order valence-corrected chi connectivity index (χ0v) is 18.8. The van der Waals surface area contributed by atoms with Crippen molar-refractivity contribution in [2.45, 2.75) is 19.3 Å². The van der Waals surface area contributed by atoms with Crippen LogP contribution in [0.2, 0.25) is 10.0 Å². The van der Waals surface area contributed by atoms with Crippen molar-refractivity contribution in [3.63, 3.8) is 0 Å². The third-order valence-corrected chi connectivity index (χ3v) is 5.20. The smallest absolute Gasteiger partial charge is 0.161 e. The average molecular weight is 469 g/mol. The van der Waals surface area contributed by atoms with Gasteiger partial charge in [-0.1, -0.05) is 65.7 Å². The zero-order valence-electron chi connectivity index (χ0n) is 16.5. The van der Waals surface area contributed by atoms with Crippen LogP contribution >= 0.6 is 35.6 Å². The van der Waals surface area contributed by atoms with E-state index in [4.69, 9.17) is 32.7 Å². The van der Waals surface area contributed by atoms with Gasteiger partial charge in [0, 0.05) is 13.1 Å². The van der Waals surface area contributed by atoms with Crippen LogP contribution in [-0.2, 0) is 13.2 Å². The van der Waals surface area contributed by atoms with E-state index in [1.165, 1.54) is 0 Å². The highest BCUT2D eigenvalue weighted by atomic mass is 35.5. The van der Waals surface area contributed by atoms with E-state index in [0.717, 1.165) is 16.7 Å². The van der Waals surface area contributed by atoms with E-state index in [-0.39, 0.29) is 12.4 Å². The molecule has 1 atom stereocenters. The van der Waals surface area contributed by atoms with Crippen molar-refractivity contribution >= 4 is 35.6 Å². The lowest BCUT2D eigenvalue weighted by Gasteiger charge is -2.14. The van der Waals surface area contributed by atoms with E-state index in [9.17, 15) is 5.11 Å². The van der Waals surface area contributed by atoms with Crippen molar-refractivity contribution in [2.75, 3.05) is 13.7 Å². The number of benzene rings is 3. The molecule has 0 aliphatic heterocycles. The largest absolute Gasteiger partial charge is 0.493 e. The molecule has 0 aromatic heterocycles. The molecule has 0 amide bonds. The van der Waals surface area contributed by atoms with Crippen LogP contribution < -0.4 is 14.8 Å². The molecule has 2 N–H and O–H groups in total. The van der Waals surface area contributed by atoms with Crippen molar-refractivity contribution in [3.05, 3.63) is 93.5 Å². The fourth-order valence-corrected chi connectivity index (χ4v) is 3.20. The summed E-state index contributed by atoms with van der Waals surface area (Å²) in [5.41, 5.74) is 2.84. The van der Waals surface area contributed by atoms with Gasteiger partial charge in [0.1, 0.15) is 6.61 Å². The molecule has 0 bridgehead atoms. The normalized spacial score (nSPS) is 11.5. The second-order valence-electron chi connectivity index (χ2n) is 6.58. The first-order valence-corrected chi connectivity index (χ1v) is 10.00. The molecule has 3 rings (SSSR count). The quantitative estimate of drug-likeness (QED) is 0.415. The van der Waals surface area contributed by atoms with Crippen molar-refractivity contribution < 1.29 is 14.6 Å². The highest BCUT2D eigenvalue weighted by Gasteiger charge is 2.09. The highest BCUT2D eigenvalue weighted by Crippen LogP contribution is 2.30. The third kappa shape index (κ3) is 6.79. The molecule has 160 valence electrons. The standard InChI is InChI=1S/C23H23Cl2NO3.ClH/c1-28-23-12-16(13-26-14-21(27)18-5-3-2-4-6-18)8-10-22(23)29-15-17-7-9-19(24)20(25)11-17;/h2-12,21,26-27H,13-15H2,1H3;1H. The molecular formula is C23H24Cl3NO3. The molecule has 0 radical (unpaired) electrons. The third-order valence-electron chi connectivity index (χ3n) is 4.46. The van der Waals surface area contributed by atoms with E-state index in [1.54, 1.807) is 19.2 Å². The summed E-state index contributed by atoms with van der Waals surface area (Å²) in [7, 11) is 1.61. The number of aliphatic hydroxyl groups excluding tert-OH is 1. The fourth-order valence-electron chi connectivity index (χ4n) is 2.88. The fraction of sp³-hybridized carbons (Fsp3) is 0.217. The minimum absolute atomic E-state index is 0. The van der Waals surface area contributed by atoms with Crippen molar-refractivity contribution in [2.24, 2.45) is 0 Å². The molecule has 7 heteroatoms. The molecule has 30 heavy (non-hydrogen) atoms. The predicted molar refractivity (Wildman–Crippen MR) is 124 cm³/mol.